The topological polar surface area (TPSA) is 99.5 Å². The predicted octanol–water partition coefficient (Wildman–Crippen LogP) is 4.00. The highest BCUT2D eigenvalue weighted by atomic mass is 32.2. The van der Waals surface area contributed by atoms with Gasteiger partial charge in [-0.1, -0.05) is 30.3 Å². The van der Waals surface area contributed by atoms with E-state index >= 15 is 0 Å². The Kier molecular flexibility index (Phi) is 6.52. The van der Waals surface area contributed by atoms with E-state index < -0.39 is 16.2 Å². The summed E-state index contributed by atoms with van der Waals surface area (Å²) >= 11 is 0. The molecule has 8 nitrogen and oxygen atoms in total. The van der Waals surface area contributed by atoms with Crippen LogP contribution in [0.4, 0.5) is 10.6 Å². The van der Waals surface area contributed by atoms with E-state index in [1.165, 1.54) is 0 Å². The van der Waals surface area contributed by atoms with E-state index in [2.05, 4.69) is 10.4 Å². The summed E-state index contributed by atoms with van der Waals surface area (Å²) in [6.45, 7) is 6.26. The largest absolute Gasteiger partial charge is 0.444 e. The van der Waals surface area contributed by atoms with Gasteiger partial charge in [0, 0.05) is 17.7 Å². The zero-order valence-corrected chi connectivity index (χ0v) is 18.6. The van der Waals surface area contributed by atoms with E-state index in [9.17, 15) is 13.2 Å². The van der Waals surface area contributed by atoms with Crippen LogP contribution in [0.5, 0.6) is 0 Å². The first kappa shape index (κ1) is 22.3. The van der Waals surface area contributed by atoms with Gasteiger partial charge in [-0.05, 0) is 45.6 Å². The number of benzene rings is 1. The van der Waals surface area contributed by atoms with Crippen LogP contribution in [0.2, 0.25) is 0 Å². The average molecular weight is 436 g/mol. The van der Waals surface area contributed by atoms with Crippen molar-refractivity contribution in [2.45, 2.75) is 64.2 Å². The van der Waals surface area contributed by atoms with Gasteiger partial charge in [-0.3, -0.25) is 14.2 Å². The number of carbonyl (C=O) groups is 1. The highest BCUT2D eigenvalue weighted by Gasteiger charge is 2.33. The van der Waals surface area contributed by atoms with Gasteiger partial charge >= 0.3 is 6.09 Å². The number of anilines is 1. The molecule has 1 aromatic heterocycles. The van der Waals surface area contributed by atoms with Gasteiger partial charge in [-0.15, -0.1) is 0 Å². The number of amides is 1. The Labute approximate surface area is 177 Å². The van der Waals surface area contributed by atoms with Crippen molar-refractivity contribution < 1.29 is 22.1 Å². The Hall–Kier alpha value is -2.39. The summed E-state index contributed by atoms with van der Waals surface area (Å²) in [7, 11) is -3.49. The lowest BCUT2D eigenvalue weighted by Gasteiger charge is -2.24. The summed E-state index contributed by atoms with van der Waals surface area (Å²) in [5.41, 5.74) is 1.54. The summed E-state index contributed by atoms with van der Waals surface area (Å²) in [5.74, 6) is 0.504. The summed E-state index contributed by atoms with van der Waals surface area (Å²) in [6, 6.07) is 11.3. The minimum Gasteiger partial charge on any atom is -0.444 e. The molecule has 1 heterocycles. The number of carbonyl (C=O) groups excluding carboxylic acids is 1. The van der Waals surface area contributed by atoms with Crippen molar-refractivity contribution in [3.05, 3.63) is 47.7 Å². The number of hydrogen-bond acceptors (Lipinski definition) is 6. The third-order valence-electron chi connectivity index (χ3n) is 4.93. The first-order valence-corrected chi connectivity index (χ1v) is 11.8. The van der Waals surface area contributed by atoms with Gasteiger partial charge in [0.25, 0.3) is 10.1 Å². The number of aromatic nitrogens is 2. The summed E-state index contributed by atoms with van der Waals surface area (Å²) in [6.07, 6.45) is 2.21. The van der Waals surface area contributed by atoms with Gasteiger partial charge in [0.05, 0.1) is 17.9 Å². The van der Waals surface area contributed by atoms with Gasteiger partial charge in [0.2, 0.25) is 0 Å². The third kappa shape index (κ3) is 6.06. The normalized spacial score (nSPS) is 19.6. The van der Waals surface area contributed by atoms with Crippen LogP contribution in [0.25, 0.3) is 0 Å². The van der Waals surface area contributed by atoms with Crippen molar-refractivity contribution in [2.24, 2.45) is 0 Å². The number of hydrogen-bond donors (Lipinski definition) is 1. The minimum atomic E-state index is -3.49. The fourth-order valence-electron chi connectivity index (χ4n) is 3.69. The highest BCUT2D eigenvalue weighted by molar-refractivity contribution is 7.86. The van der Waals surface area contributed by atoms with Crippen LogP contribution < -0.4 is 5.32 Å². The lowest BCUT2D eigenvalue weighted by Crippen LogP contribution is -2.26. The molecular weight excluding hydrogens is 406 g/mol. The molecule has 1 amide bonds. The molecule has 0 aliphatic heterocycles. The van der Waals surface area contributed by atoms with E-state index in [1.807, 2.05) is 61.9 Å². The zero-order chi connectivity index (χ0) is 21.9. The predicted molar refractivity (Wildman–Crippen MR) is 114 cm³/mol. The molecule has 164 valence electrons. The minimum absolute atomic E-state index is 0.0966. The zero-order valence-electron chi connectivity index (χ0n) is 17.8. The molecule has 2 unspecified atom stereocenters. The van der Waals surface area contributed by atoms with E-state index in [-0.39, 0.29) is 24.2 Å². The molecule has 1 saturated carbocycles. The second kappa shape index (κ2) is 8.77. The van der Waals surface area contributed by atoms with Crippen molar-refractivity contribution in [1.82, 2.24) is 9.78 Å². The fourth-order valence-corrected chi connectivity index (χ4v) is 4.36. The molecule has 30 heavy (non-hydrogen) atoms. The van der Waals surface area contributed by atoms with Crippen molar-refractivity contribution in [3.63, 3.8) is 0 Å². The van der Waals surface area contributed by atoms with Crippen molar-refractivity contribution >= 4 is 22.0 Å². The van der Waals surface area contributed by atoms with Crippen LogP contribution in [0, 0.1) is 0 Å². The monoisotopic (exact) mass is 435 g/mol. The fraction of sp³-hybridized carbons (Fsp3) is 0.524. The van der Waals surface area contributed by atoms with Gasteiger partial charge in [-0.2, -0.15) is 13.5 Å². The molecule has 1 fully saturated rings. The number of nitrogens with zero attached hydrogens (tertiary/aromatic N) is 2. The Balaban J connectivity index is 1.70. The maximum Gasteiger partial charge on any atom is 0.413 e. The SMILES string of the molecule is CC(C)(C)n1nc(NC(=O)OCc2ccccc2)cc1C1CCC(OS(C)(=O)=O)C1. The second-order valence-corrected chi connectivity index (χ2v) is 10.3. The van der Waals surface area contributed by atoms with Crippen molar-refractivity contribution in [2.75, 3.05) is 11.6 Å². The molecule has 1 aromatic carbocycles. The van der Waals surface area contributed by atoms with Crippen molar-refractivity contribution in [3.8, 4) is 0 Å². The molecule has 3 rings (SSSR count). The Morgan fingerprint density at radius 3 is 2.57 bits per heavy atom. The maximum atomic E-state index is 12.2. The van der Waals surface area contributed by atoms with E-state index in [0.29, 0.717) is 18.7 Å². The molecule has 1 N–H and O–H groups in total. The molecule has 0 saturated heterocycles. The molecule has 1 aliphatic carbocycles. The van der Waals surface area contributed by atoms with E-state index in [1.54, 1.807) is 0 Å². The van der Waals surface area contributed by atoms with Crippen molar-refractivity contribution in [1.29, 1.82) is 0 Å². The smallest absolute Gasteiger partial charge is 0.413 e. The second-order valence-electron chi connectivity index (χ2n) is 8.66. The highest BCUT2D eigenvalue weighted by Crippen LogP contribution is 2.39. The molecule has 0 radical (unpaired) electrons. The van der Waals surface area contributed by atoms with Gasteiger partial charge in [0.1, 0.15) is 6.61 Å². The standard InChI is InChI=1S/C21H29N3O5S/c1-21(2,3)24-18(16-10-11-17(12-16)29-30(4,26)27)13-19(23-24)22-20(25)28-14-15-8-6-5-7-9-15/h5-9,13,16-17H,10-12,14H2,1-4H3,(H,22,23,25). The van der Waals surface area contributed by atoms with Crippen LogP contribution in [-0.4, -0.2) is 36.7 Å². The van der Waals surface area contributed by atoms with Crippen LogP contribution in [0.1, 0.15) is 57.2 Å². The average Bonchev–Trinajstić information content (AvgIpc) is 3.26. The maximum absolute atomic E-state index is 12.2. The number of ether oxygens (including phenoxy) is 1. The van der Waals surface area contributed by atoms with E-state index in [4.69, 9.17) is 8.92 Å². The molecule has 2 atom stereocenters. The quantitative estimate of drug-likeness (QED) is 0.689. The van der Waals surface area contributed by atoms with Crippen LogP contribution in [0.3, 0.4) is 0 Å². The molecule has 0 bridgehead atoms. The third-order valence-corrected chi connectivity index (χ3v) is 5.55. The summed E-state index contributed by atoms with van der Waals surface area (Å²) in [5, 5.41) is 7.26. The lowest BCUT2D eigenvalue weighted by molar-refractivity contribution is 0.155. The number of nitrogens with one attached hydrogen (secondary N) is 1. The van der Waals surface area contributed by atoms with Gasteiger partial charge in [-0.25, -0.2) is 4.79 Å². The molecule has 2 aromatic rings. The Morgan fingerprint density at radius 1 is 1.23 bits per heavy atom. The number of rotatable bonds is 6. The van der Waals surface area contributed by atoms with Gasteiger partial charge in [0.15, 0.2) is 5.82 Å². The van der Waals surface area contributed by atoms with Crippen LogP contribution in [0.15, 0.2) is 36.4 Å². The Bertz CT molecular complexity index is 980. The molecule has 0 spiro atoms. The summed E-state index contributed by atoms with van der Waals surface area (Å²) in [4.78, 5) is 12.2. The van der Waals surface area contributed by atoms with Gasteiger partial charge < -0.3 is 4.74 Å². The molecular formula is C21H29N3O5S. The first-order valence-electron chi connectivity index (χ1n) is 9.97. The molecule has 9 heteroatoms. The first-order chi connectivity index (χ1) is 14.0. The summed E-state index contributed by atoms with van der Waals surface area (Å²) < 4.78 is 35.2. The van der Waals surface area contributed by atoms with Crippen LogP contribution >= 0.6 is 0 Å². The van der Waals surface area contributed by atoms with Crippen LogP contribution in [-0.2, 0) is 31.2 Å². The lowest BCUT2D eigenvalue weighted by atomic mass is 10.0. The Morgan fingerprint density at radius 2 is 1.93 bits per heavy atom. The van der Waals surface area contributed by atoms with E-state index in [0.717, 1.165) is 23.9 Å². The molecule has 1 aliphatic rings.